The van der Waals surface area contributed by atoms with E-state index in [0.29, 0.717) is 6.54 Å². The van der Waals surface area contributed by atoms with Gasteiger partial charge in [-0.25, -0.2) is 0 Å². The third-order valence-electron chi connectivity index (χ3n) is 4.09. The number of hydrogen-bond acceptors (Lipinski definition) is 2. The molecule has 1 saturated heterocycles. The van der Waals surface area contributed by atoms with Crippen molar-refractivity contribution in [2.75, 3.05) is 13.1 Å². The topological polar surface area (TPSA) is 41.1 Å². The third kappa shape index (κ3) is 3.31. The Balaban J connectivity index is 1.64. The Morgan fingerprint density at radius 1 is 1.00 bits per heavy atom. The molecular weight excluding hydrogens is 260 g/mol. The molecule has 2 atom stereocenters. The number of rotatable bonds is 4. The molecule has 2 N–H and O–H groups in total. The molecule has 3 rings (SSSR count). The third-order valence-corrected chi connectivity index (χ3v) is 4.09. The molecule has 1 aliphatic rings. The molecule has 21 heavy (non-hydrogen) atoms. The van der Waals surface area contributed by atoms with Gasteiger partial charge >= 0.3 is 0 Å². The highest BCUT2D eigenvalue weighted by Crippen LogP contribution is 2.28. The summed E-state index contributed by atoms with van der Waals surface area (Å²) in [7, 11) is 0. The van der Waals surface area contributed by atoms with Gasteiger partial charge in [0.15, 0.2) is 0 Å². The molecule has 0 aromatic heterocycles. The Labute approximate surface area is 125 Å². The van der Waals surface area contributed by atoms with E-state index in [1.54, 1.807) is 0 Å². The minimum Gasteiger partial charge on any atom is -0.352 e. The van der Waals surface area contributed by atoms with Crippen LogP contribution in [0, 0.1) is 5.92 Å². The van der Waals surface area contributed by atoms with E-state index in [4.69, 9.17) is 0 Å². The summed E-state index contributed by atoms with van der Waals surface area (Å²) in [5, 5.41) is 6.40. The van der Waals surface area contributed by atoms with Crippen molar-refractivity contribution in [2.45, 2.75) is 12.5 Å². The summed E-state index contributed by atoms with van der Waals surface area (Å²) < 4.78 is 0. The number of benzene rings is 2. The van der Waals surface area contributed by atoms with E-state index in [0.717, 1.165) is 18.7 Å². The quantitative estimate of drug-likeness (QED) is 0.902. The number of carbonyl (C=O) groups excluding carboxylic acids is 1. The van der Waals surface area contributed by atoms with Gasteiger partial charge in [0, 0.05) is 25.6 Å². The average Bonchev–Trinajstić information content (AvgIpc) is 3.04. The predicted molar refractivity (Wildman–Crippen MR) is 83.8 cm³/mol. The monoisotopic (exact) mass is 280 g/mol. The molecule has 0 radical (unpaired) electrons. The van der Waals surface area contributed by atoms with Crippen LogP contribution in [0.3, 0.4) is 0 Å². The van der Waals surface area contributed by atoms with Gasteiger partial charge < -0.3 is 10.6 Å². The van der Waals surface area contributed by atoms with Crippen LogP contribution in [0.4, 0.5) is 0 Å². The van der Waals surface area contributed by atoms with Gasteiger partial charge in [-0.3, -0.25) is 4.79 Å². The zero-order valence-electron chi connectivity index (χ0n) is 12.0. The summed E-state index contributed by atoms with van der Waals surface area (Å²) in [5.41, 5.74) is 2.37. The van der Waals surface area contributed by atoms with Crippen LogP contribution in [0.15, 0.2) is 60.7 Å². The van der Waals surface area contributed by atoms with Gasteiger partial charge in [-0.1, -0.05) is 60.7 Å². The van der Waals surface area contributed by atoms with Crippen molar-refractivity contribution in [1.29, 1.82) is 0 Å². The van der Waals surface area contributed by atoms with Gasteiger partial charge in [-0.15, -0.1) is 0 Å². The molecular formula is C18H20N2O. The molecule has 0 saturated carbocycles. The molecule has 0 aliphatic carbocycles. The second kappa shape index (κ2) is 6.55. The molecule has 1 heterocycles. The maximum atomic E-state index is 12.5. The Morgan fingerprint density at radius 2 is 1.67 bits per heavy atom. The molecule has 3 nitrogen and oxygen atoms in total. The van der Waals surface area contributed by atoms with Crippen LogP contribution < -0.4 is 10.6 Å². The van der Waals surface area contributed by atoms with Gasteiger partial charge in [-0.2, -0.15) is 0 Å². The van der Waals surface area contributed by atoms with Crippen molar-refractivity contribution in [3.63, 3.8) is 0 Å². The second-order valence-corrected chi connectivity index (χ2v) is 5.49. The van der Waals surface area contributed by atoms with Gasteiger partial charge in [0.05, 0.1) is 5.92 Å². The molecule has 1 unspecified atom stereocenters. The lowest BCUT2D eigenvalue weighted by Gasteiger charge is -2.18. The minimum absolute atomic E-state index is 0.0103. The maximum Gasteiger partial charge on any atom is 0.225 e. The Morgan fingerprint density at radius 3 is 2.38 bits per heavy atom. The van der Waals surface area contributed by atoms with Crippen molar-refractivity contribution in [1.82, 2.24) is 10.6 Å². The summed E-state index contributed by atoms with van der Waals surface area (Å²) in [6, 6.07) is 20.3. The van der Waals surface area contributed by atoms with E-state index in [-0.39, 0.29) is 17.7 Å². The summed E-state index contributed by atoms with van der Waals surface area (Å²) in [6.07, 6.45) is 0. The lowest BCUT2D eigenvalue weighted by atomic mass is 9.88. The van der Waals surface area contributed by atoms with E-state index in [9.17, 15) is 4.79 Å². The van der Waals surface area contributed by atoms with Crippen LogP contribution in [0.1, 0.15) is 17.0 Å². The molecule has 1 fully saturated rings. The average molecular weight is 280 g/mol. The van der Waals surface area contributed by atoms with Gasteiger partial charge in [-0.05, 0) is 11.1 Å². The van der Waals surface area contributed by atoms with E-state index in [2.05, 4.69) is 22.8 Å². The molecule has 108 valence electrons. The van der Waals surface area contributed by atoms with Crippen molar-refractivity contribution in [3.8, 4) is 0 Å². The first-order valence-corrected chi connectivity index (χ1v) is 7.42. The molecule has 2 aromatic rings. The minimum atomic E-state index is 0.0103. The van der Waals surface area contributed by atoms with Crippen LogP contribution in [0.2, 0.25) is 0 Å². The highest BCUT2D eigenvalue weighted by Gasteiger charge is 2.33. The number of hydrogen-bond donors (Lipinski definition) is 2. The summed E-state index contributed by atoms with van der Waals surface area (Å²) in [5.74, 6) is 0.413. The lowest BCUT2D eigenvalue weighted by Crippen LogP contribution is -2.33. The smallest absolute Gasteiger partial charge is 0.225 e. The fraction of sp³-hybridized carbons (Fsp3) is 0.278. The number of carbonyl (C=O) groups is 1. The van der Waals surface area contributed by atoms with E-state index >= 15 is 0 Å². The summed E-state index contributed by atoms with van der Waals surface area (Å²) in [6.45, 7) is 2.21. The van der Waals surface area contributed by atoms with Crippen LogP contribution >= 0.6 is 0 Å². The Bertz CT molecular complexity index is 583. The Kier molecular flexibility index (Phi) is 4.31. The predicted octanol–water partition coefficient (Wildman–Crippen LogP) is 2.31. The number of amides is 1. The summed E-state index contributed by atoms with van der Waals surface area (Å²) >= 11 is 0. The first-order valence-electron chi connectivity index (χ1n) is 7.42. The van der Waals surface area contributed by atoms with Gasteiger partial charge in [0.2, 0.25) is 5.91 Å². The highest BCUT2D eigenvalue weighted by atomic mass is 16.1. The lowest BCUT2D eigenvalue weighted by molar-refractivity contribution is -0.125. The zero-order valence-corrected chi connectivity index (χ0v) is 12.0. The molecule has 2 aromatic carbocycles. The van der Waals surface area contributed by atoms with Crippen molar-refractivity contribution in [3.05, 3.63) is 71.8 Å². The van der Waals surface area contributed by atoms with Gasteiger partial charge in [0.1, 0.15) is 0 Å². The first kappa shape index (κ1) is 13.8. The van der Waals surface area contributed by atoms with Crippen LogP contribution in [0.5, 0.6) is 0 Å². The van der Waals surface area contributed by atoms with E-state index in [1.165, 1.54) is 5.56 Å². The standard InChI is InChI=1S/C18H20N2O/c21-18(20-11-14-7-3-1-4-8-14)17-13-19-12-16(17)15-9-5-2-6-10-15/h1-10,16-17,19H,11-13H2,(H,20,21)/t16?,17-/m0/s1. The van der Waals surface area contributed by atoms with Crippen LogP contribution in [0.25, 0.3) is 0 Å². The maximum absolute atomic E-state index is 12.5. The molecule has 0 bridgehead atoms. The van der Waals surface area contributed by atoms with E-state index in [1.807, 2.05) is 48.5 Å². The molecule has 3 heteroatoms. The summed E-state index contributed by atoms with van der Waals surface area (Å²) in [4.78, 5) is 12.5. The Hall–Kier alpha value is -2.13. The van der Waals surface area contributed by atoms with Crippen LogP contribution in [-0.2, 0) is 11.3 Å². The van der Waals surface area contributed by atoms with Crippen LogP contribution in [-0.4, -0.2) is 19.0 Å². The highest BCUT2D eigenvalue weighted by molar-refractivity contribution is 5.80. The normalized spacial score (nSPS) is 21.1. The van der Waals surface area contributed by atoms with E-state index < -0.39 is 0 Å². The SMILES string of the molecule is O=C(NCc1ccccc1)[C@H]1CNCC1c1ccccc1. The molecule has 0 spiro atoms. The first-order chi connectivity index (χ1) is 10.3. The second-order valence-electron chi connectivity index (χ2n) is 5.49. The fourth-order valence-corrected chi connectivity index (χ4v) is 2.92. The number of nitrogens with one attached hydrogen (secondary N) is 2. The van der Waals surface area contributed by atoms with Crippen molar-refractivity contribution < 1.29 is 4.79 Å². The molecule has 1 aliphatic heterocycles. The molecule has 1 amide bonds. The largest absolute Gasteiger partial charge is 0.352 e. The van der Waals surface area contributed by atoms with Crippen molar-refractivity contribution >= 4 is 5.91 Å². The fourth-order valence-electron chi connectivity index (χ4n) is 2.92. The zero-order chi connectivity index (χ0) is 14.5. The van der Waals surface area contributed by atoms with Gasteiger partial charge in [0.25, 0.3) is 0 Å². The van der Waals surface area contributed by atoms with Crippen molar-refractivity contribution in [2.24, 2.45) is 5.92 Å².